The van der Waals surface area contributed by atoms with Gasteiger partial charge in [-0.05, 0) is 45.4 Å². The first kappa shape index (κ1) is 19.5. The lowest BCUT2D eigenvalue weighted by Crippen LogP contribution is -2.36. The SMILES string of the molecule is COCCCN(C)CC(=O)NCCCCOc1ccc(C)cc1. The van der Waals surface area contributed by atoms with Gasteiger partial charge in [0, 0.05) is 26.8 Å². The molecule has 0 aromatic heterocycles. The number of unbranched alkanes of at least 4 members (excludes halogenated alkanes) is 1. The van der Waals surface area contributed by atoms with E-state index in [2.05, 4.69) is 12.2 Å². The molecule has 1 rings (SSSR count). The van der Waals surface area contributed by atoms with E-state index < -0.39 is 0 Å². The van der Waals surface area contributed by atoms with Gasteiger partial charge < -0.3 is 14.8 Å². The molecule has 0 bridgehead atoms. The van der Waals surface area contributed by atoms with Crippen LogP contribution in [0.5, 0.6) is 5.75 Å². The largest absolute Gasteiger partial charge is 0.494 e. The molecule has 0 heterocycles. The number of carbonyl (C=O) groups is 1. The number of nitrogens with zero attached hydrogens (tertiary/aromatic N) is 1. The quantitative estimate of drug-likeness (QED) is 0.600. The molecular formula is C18H30N2O3. The number of benzene rings is 1. The van der Waals surface area contributed by atoms with E-state index in [1.807, 2.05) is 36.2 Å². The van der Waals surface area contributed by atoms with Crippen molar-refractivity contribution in [1.82, 2.24) is 10.2 Å². The molecule has 0 fully saturated rings. The van der Waals surface area contributed by atoms with E-state index >= 15 is 0 Å². The summed E-state index contributed by atoms with van der Waals surface area (Å²) < 4.78 is 10.7. The Morgan fingerprint density at radius 2 is 1.87 bits per heavy atom. The maximum Gasteiger partial charge on any atom is 0.234 e. The zero-order chi connectivity index (χ0) is 16.9. The van der Waals surface area contributed by atoms with Gasteiger partial charge in [-0.1, -0.05) is 17.7 Å². The minimum Gasteiger partial charge on any atom is -0.494 e. The van der Waals surface area contributed by atoms with Crippen LogP contribution in [0, 0.1) is 6.92 Å². The molecule has 0 saturated carbocycles. The molecule has 0 saturated heterocycles. The Kier molecular flexibility index (Phi) is 10.1. The second-order valence-electron chi connectivity index (χ2n) is 5.80. The molecular weight excluding hydrogens is 292 g/mol. The molecule has 0 radical (unpaired) electrons. The van der Waals surface area contributed by atoms with Crippen LogP contribution in [0.1, 0.15) is 24.8 Å². The van der Waals surface area contributed by atoms with Crippen molar-refractivity contribution in [3.05, 3.63) is 29.8 Å². The van der Waals surface area contributed by atoms with Crippen LogP contribution in [-0.4, -0.2) is 57.8 Å². The molecule has 130 valence electrons. The molecule has 0 aliphatic rings. The van der Waals surface area contributed by atoms with Crippen molar-refractivity contribution in [3.63, 3.8) is 0 Å². The summed E-state index contributed by atoms with van der Waals surface area (Å²) in [6, 6.07) is 8.05. The lowest BCUT2D eigenvalue weighted by molar-refractivity contribution is -0.122. The van der Waals surface area contributed by atoms with E-state index in [0.29, 0.717) is 19.7 Å². The highest BCUT2D eigenvalue weighted by molar-refractivity contribution is 5.77. The summed E-state index contributed by atoms with van der Waals surface area (Å²) in [6.45, 7) is 5.46. The van der Waals surface area contributed by atoms with E-state index in [1.165, 1.54) is 5.56 Å². The normalized spacial score (nSPS) is 10.8. The number of carbonyl (C=O) groups excluding carboxylic acids is 1. The Labute approximate surface area is 140 Å². The summed E-state index contributed by atoms with van der Waals surface area (Å²) >= 11 is 0. The third-order valence-electron chi connectivity index (χ3n) is 3.48. The number of rotatable bonds is 12. The Bertz CT molecular complexity index is 434. The minimum absolute atomic E-state index is 0.0735. The van der Waals surface area contributed by atoms with Crippen molar-refractivity contribution in [2.24, 2.45) is 0 Å². The molecule has 5 nitrogen and oxygen atoms in total. The molecule has 1 aromatic carbocycles. The fourth-order valence-corrected chi connectivity index (χ4v) is 2.14. The maximum atomic E-state index is 11.8. The predicted molar refractivity (Wildman–Crippen MR) is 92.9 cm³/mol. The summed E-state index contributed by atoms with van der Waals surface area (Å²) in [5, 5.41) is 2.94. The first-order chi connectivity index (χ1) is 11.1. The number of hydrogen-bond donors (Lipinski definition) is 1. The van der Waals surface area contributed by atoms with Crippen LogP contribution in [0.15, 0.2) is 24.3 Å². The third kappa shape index (κ3) is 9.92. The lowest BCUT2D eigenvalue weighted by Gasteiger charge is -2.15. The van der Waals surface area contributed by atoms with Crippen molar-refractivity contribution < 1.29 is 14.3 Å². The maximum absolute atomic E-state index is 11.8. The zero-order valence-corrected chi connectivity index (χ0v) is 14.6. The topological polar surface area (TPSA) is 50.8 Å². The predicted octanol–water partition coefficient (Wildman–Crippen LogP) is 2.24. The van der Waals surface area contributed by atoms with Crippen molar-refractivity contribution in [2.45, 2.75) is 26.2 Å². The van der Waals surface area contributed by atoms with Gasteiger partial charge >= 0.3 is 0 Å². The smallest absolute Gasteiger partial charge is 0.234 e. The Balaban J connectivity index is 1.99. The van der Waals surface area contributed by atoms with Gasteiger partial charge in [-0.25, -0.2) is 0 Å². The lowest BCUT2D eigenvalue weighted by atomic mass is 10.2. The first-order valence-electron chi connectivity index (χ1n) is 8.25. The minimum atomic E-state index is 0.0735. The van der Waals surface area contributed by atoms with Crippen LogP contribution in [0.4, 0.5) is 0 Å². The summed E-state index contributed by atoms with van der Waals surface area (Å²) in [4.78, 5) is 13.8. The fraction of sp³-hybridized carbons (Fsp3) is 0.611. The first-order valence-corrected chi connectivity index (χ1v) is 8.25. The van der Waals surface area contributed by atoms with Crippen LogP contribution < -0.4 is 10.1 Å². The van der Waals surface area contributed by atoms with E-state index in [1.54, 1.807) is 7.11 Å². The molecule has 1 N–H and O–H groups in total. The van der Waals surface area contributed by atoms with Gasteiger partial charge in [-0.2, -0.15) is 0 Å². The Morgan fingerprint density at radius 1 is 1.13 bits per heavy atom. The van der Waals surface area contributed by atoms with Gasteiger partial charge in [0.1, 0.15) is 5.75 Å². The summed E-state index contributed by atoms with van der Waals surface area (Å²) in [5.41, 5.74) is 1.23. The fourth-order valence-electron chi connectivity index (χ4n) is 2.14. The van der Waals surface area contributed by atoms with Crippen molar-refractivity contribution in [2.75, 3.05) is 47.0 Å². The number of aryl methyl sites for hydroxylation is 1. The van der Waals surface area contributed by atoms with Crippen molar-refractivity contribution in [1.29, 1.82) is 0 Å². The highest BCUT2D eigenvalue weighted by Crippen LogP contribution is 2.11. The summed E-state index contributed by atoms with van der Waals surface area (Å²) in [5.74, 6) is 0.974. The van der Waals surface area contributed by atoms with Crippen molar-refractivity contribution in [3.8, 4) is 5.75 Å². The summed E-state index contributed by atoms with van der Waals surface area (Å²) in [7, 11) is 3.64. The number of amides is 1. The summed E-state index contributed by atoms with van der Waals surface area (Å²) in [6.07, 6.45) is 2.79. The van der Waals surface area contributed by atoms with Crippen molar-refractivity contribution >= 4 is 5.91 Å². The van der Waals surface area contributed by atoms with E-state index in [4.69, 9.17) is 9.47 Å². The highest BCUT2D eigenvalue weighted by Gasteiger charge is 2.05. The second-order valence-corrected chi connectivity index (χ2v) is 5.80. The van der Waals surface area contributed by atoms with Gasteiger partial charge in [0.25, 0.3) is 0 Å². The molecule has 23 heavy (non-hydrogen) atoms. The van der Waals surface area contributed by atoms with Crippen LogP contribution in [0.3, 0.4) is 0 Å². The molecule has 5 heteroatoms. The Hall–Kier alpha value is -1.59. The third-order valence-corrected chi connectivity index (χ3v) is 3.48. The van der Waals surface area contributed by atoms with Gasteiger partial charge in [-0.15, -0.1) is 0 Å². The number of methoxy groups -OCH3 is 1. The Morgan fingerprint density at radius 3 is 2.57 bits per heavy atom. The van der Waals surface area contributed by atoms with Gasteiger partial charge in [0.2, 0.25) is 5.91 Å². The van der Waals surface area contributed by atoms with E-state index in [0.717, 1.165) is 38.2 Å². The average Bonchev–Trinajstić information content (AvgIpc) is 2.52. The van der Waals surface area contributed by atoms with Crippen LogP contribution >= 0.6 is 0 Å². The van der Waals surface area contributed by atoms with Crippen LogP contribution in [0.25, 0.3) is 0 Å². The molecule has 0 atom stereocenters. The molecule has 0 unspecified atom stereocenters. The number of nitrogens with one attached hydrogen (secondary N) is 1. The number of likely N-dealkylation sites (N-methyl/N-ethyl adjacent to an activating group) is 1. The molecule has 1 amide bonds. The number of ether oxygens (including phenoxy) is 2. The average molecular weight is 322 g/mol. The van der Waals surface area contributed by atoms with Gasteiger partial charge in [-0.3, -0.25) is 9.69 Å². The second kappa shape index (κ2) is 11.9. The molecule has 0 aliphatic heterocycles. The van der Waals surface area contributed by atoms with Crippen LogP contribution in [0.2, 0.25) is 0 Å². The molecule has 0 aliphatic carbocycles. The van der Waals surface area contributed by atoms with E-state index in [-0.39, 0.29) is 5.91 Å². The highest BCUT2D eigenvalue weighted by atomic mass is 16.5. The van der Waals surface area contributed by atoms with Crippen LogP contribution in [-0.2, 0) is 9.53 Å². The van der Waals surface area contributed by atoms with Gasteiger partial charge in [0.15, 0.2) is 0 Å². The van der Waals surface area contributed by atoms with Gasteiger partial charge in [0.05, 0.1) is 13.2 Å². The van der Waals surface area contributed by atoms with E-state index in [9.17, 15) is 4.79 Å². The standard InChI is InChI=1S/C18H30N2O3/c1-16-7-9-17(10-8-16)23-14-5-4-11-19-18(21)15-20(2)12-6-13-22-3/h7-10H,4-6,11-15H2,1-3H3,(H,19,21). The zero-order valence-electron chi connectivity index (χ0n) is 14.6. The number of hydrogen-bond acceptors (Lipinski definition) is 4. The molecule has 1 aromatic rings. The molecule has 0 spiro atoms. The monoisotopic (exact) mass is 322 g/mol.